The highest BCUT2D eigenvalue weighted by Crippen LogP contribution is 2.60. The number of ether oxygens (including phenoxy) is 1. The standard InChI is InChI=1S/C26H27F2N3O2/c1-15-6-5-7-20(21(15)12-29)18-8-9-19(31-13-18)10-11-22-16(2)26(27,28)14-25(30)23(32)33-17(3)24(22,25)4/h5-11,13,16-17,22H,14,30H2,1-4H3/b11-10+/t16-,17+,22?,24-,25+/m0/s1. The van der Waals surface area contributed by atoms with Crippen LogP contribution in [-0.4, -0.2) is 28.5 Å². The number of carbonyl (C=O) groups is 1. The van der Waals surface area contributed by atoms with Gasteiger partial charge in [0.2, 0.25) is 0 Å². The van der Waals surface area contributed by atoms with Gasteiger partial charge in [0.05, 0.1) is 11.3 Å². The number of fused-ring (bicyclic) bond motifs is 1. The smallest absolute Gasteiger partial charge is 0.327 e. The van der Waals surface area contributed by atoms with Gasteiger partial charge in [-0.3, -0.25) is 9.78 Å². The van der Waals surface area contributed by atoms with Crippen LogP contribution in [0.2, 0.25) is 0 Å². The maximum Gasteiger partial charge on any atom is 0.327 e. The summed E-state index contributed by atoms with van der Waals surface area (Å²) in [5.41, 5.74) is 7.22. The van der Waals surface area contributed by atoms with Crippen molar-refractivity contribution in [1.82, 2.24) is 4.98 Å². The lowest BCUT2D eigenvalue weighted by Crippen LogP contribution is -2.68. The van der Waals surface area contributed by atoms with Crippen LogP contribution in [0.25, 0.3) is 17.2 Å². The summed E-state index contributed by atoms with van der Waals surface area (Å²) < 4.78 is 35.2. The van der Waals surface area contributed by atoms with E-state index in [0.29, 0.717) is 11.3 Å². The minimum absolute atomic E-state index is 0.579. The Balaban J connectivity index is 1.68. The lowest BCUT2D eigenvalue weighted by atomic mass is 9.52. The van der Waals surface area contributed by atoms with Crippen LogP contribution in [0, 0.1) is 35.5 Å². The molecule has 0 radical (unpaired) electrons. The molecule has 0 bridgehead atoms. The first kappa shape index (κ1) is 23.1. The van der Waals surface area contributed by atoms with E-state index in [9.17, 15) is 18.8 Å². The zero-order valence-electron chi connectivity index (χ0n) is 19.1. The number of hydrogen-bond donors (Lipinski definition) is 1. The number of nitrogens with two attached hydrogens (primary N) is 1. The topological polar surface area (TPSA) is 89.0 Å². The van der Waals surface area contributed by atoms with Gasteiger partial charge in [0.25, 0.3) is 5.92 Å². The molecule has 2 aromatic rings. The van der Waals surface area contributed by atoms with Crippen molar-refractivity contribution in [1.29, 1.82) is 5.26 Å². The Bertz CT molecular complexity index is 1170. The fourth-order valence-corrected chi connectivity index (χ4v) is 5.41. The third kappa shape index (κ3) is 3.36. The molecule has 1 aliphatic carbocycles. The average Bonchev–Trinajstić information content (AvgIpc) is 2.93. The first-order valence-corrected chi connectivity index (χ1v) is 11.0. The number of aromatic nitrogens is 1. The molecule has 2 aliphatic rings. The van der Waals surface area contributed by atoms with E-state index in [0.717, 1.165) is 16.7 Å². The molecule has 2 N–H and O–H groups in total. The van der Waals surface area contributed by atoms with Gasteiger partial charge in [-0.15, -0.1) is 0 Å². The number of halogens is 2. The molecule has 2 heterocycles. The summed E-state index contributed by atoms with van der Waals surface area (Å²) in [6.07, 6.45) is 3.72. The highest BCUT2D eigenvalue weighted by Gasteiger charge is 2.72. The zero-order chi connectivity index (χ0) is 24.2. The summed E-state index contributed by atoms with van der Waals surface area (Å²) in [5.74, 6) is -5.60. The molecule has 1 aromatic heterocycles. The molecule has 0 amide bonds. The Morgan fingerprint density at radius 1 is 1.27 bits per heavy atom. The van der Waals surface area contributed by atoms with E-state index < -0.39 is 47.2 Å². The molecule has 33 heavy (non-hydrogen) atoms. The van der Waals surface area contributed by atoms with E-state index in [2.05, 4.69) is 11.1 Å². The Morgan fingerprint density at radius 3 is 2.64 bits per heavy atom. The van der Waals surface area contributed by atoms with Crippen molar-refractivity contribution in [2.75, 3.05) is 0 Å². The van der Waals surface area contributed by atoms with Crippen molar-refractivity contribution in [3.8, 4) is 17.2 Å². The molecule has 0 spiro atoms. The summed E-state index contributed by atoms with van der Waals surface area (Å²) in [7, 11) is 0. The lowest BCUT2D eigenvalue weighted by Gasteiger charge is -2.53. The Morgan fingerprint density at radius 2 is 2.00 bits per heavy atom. The van der Waals surface area contributed by atoms with E-state index >= 15 is 0 Å². The minimum Gasteiger partial charge on any atom is -0.461 e. The van der Waals surface area contributed by atoms with Crippen LogP contribution < -0.4 is 5.73 Å². The Hall–Kier alpha value is -3.11. The maximum atomic E-state index is 14.9. The second-order valence-corrected chi connectivity index (χ2v) is 9.49. The molecule has 2 fully saturated rings. The van der Waals surface area contributed by atoms with Crippen molar-refractivity contribution in [3.63, 3.8) is 0 Å². The predicted octanol–water partition coefficient (Wildman–Crippen LogP) is 4.88. The number of nitrogens with zero attached hydrogens (tertiary/aromatic N) is 2. The monoisotopic (exact) mass is 451 g/mol. The van der Waals surface area contributed by atoms with E-state index in [-0.39, 0.29) is 0 Å². The van der Waals surface area contributed by atoms with Crippen LogP contribution in [0.5, 0.6) is 0 Å². The largest absolute Gasteiger partial charge is 0.461 e. The first-order chi connectivity index (χ1) is 15.5. The SMILES string of the molecule is Cc1cccc(-c2ccc(/C=C/C3[C@H](C)C(F)(F)C[C@@]4(N)C(=O)O[C@H](C)[C@@]34C)nc2)c1C#N. The molecule has 1 aliphatic heterocycles. The Kier molecular flexibility index (Phi) is 5.41. The van der Waals surface area contributed by atoms with Gasteiger partial charge in [-0.05, 0) is 37.5 Å². The first-order valence-electron chi connectivity index (χ1n) is 11.0. The number of esters is 1. The van der Waals surface area contributed by atoms with Crippen molar-refractivity contribution >= 4 is 12.0 Å². The summed E-state index contributed by atoms with van der Waals surface area (Å²) >= 11 is 0. The number of carbonyl (C=O) groups excluding carboxylic acids is 1. The average molecular weight is 452 g/mol. The van der Waals surface area contributed by atoms with Crippen LogP contribution in [0.4, 0.5) is 8.78 Å². The summed E-state index contributed by atoms with van der Waals surface area (Å²) in [6, 6.07) is 11.5. The molecular formula is C26H27F2N3O2. The van der Waals surface area contributed by atoms with Gasteiger partial charge in [0, 0.05) is 35.1 Å². The van der Waals surface area contributed by atoms with Crippen molar-refractivity contribution in [2.45, 2.75) is 51.7 Å². The van der Waals surface area contributed by atoms with E-state index in [1.165, 1.54) is 6.92 Å². The molecule has 1 saturated heterocycles. The highest BCUT2D eigenvalue weighted by atomic mass is 19.3. The molecular weight excluding hydrogens is 424 g/mol. The van der Waals surface area contributed by atoms with Gasteiger partial charge >= 0.3 is 5.97 Å². The maximum absolute atomic E-state index is 14.9. The second-order valence-electron chi connectivity index (χ2n) is 9.49. The van der Waals surface area contributed by atoms with Crippen molar-refractivity contribution in [3.05, 3.63) is 59.4 Å². The predicted molar refractivity (Wildman–Crippen MR) is 121 cm³/mol. The molecule has 1 unspecified atom stereocenters. The van der Waals surface area contributed by atoms with Gasteiger partial charge in [-0.25, -0.2) is 8.78 Å². The van der Waals surface area contributed by atoms with Gasteiger partial charge in [0.1, 0.15) is 17.7 Å². The van der Waals surface area contributed by atoms with E-state index in [1.54, 1.807) is 38.3 Å². The quantitative estimate of drug-likeness (QED) is 0.672. The second kappa shape index (κ2) is 7.74. The summed E-state index contributed by atoms with van der Waals surface area (Å²) in [5, 5.41) is 9.48. The van der Waals surface area contributed by atoms with Crippen molar-refractivity contribution in [2.24, 2.45) is 23.0 Å². The number of rotatable bonds is 3. The van der Waals surface area contributed by atoms with Crippen LogP contribution in [0.15, 0.2) is 42.6 Å². The van der Waals surface area contributed by atoms with Gasteiger partial charge in [-0.1, -0.05) is 44.2 Å². The van der Waals surface area contributed by atoms with Crippen LogP contribution in [-0.2, 0) is 9.53 Å². The number of nitriles is 1. The normalized spacial score (nSPS) is 32.9. The number of allylic oxidation sites excluding steroid dienone is 1. The van der Waals surface area contributed by atoms with Crippen LogP contribution >= 0.6 is 0 Å². The number of benzene rings is 1. The molecule has 5 nitrogen and oxygen atoms in total. The fourth-order valence-electron chi connectivity index (χ4n) is 5.41. The van der Waals surface area contributed by atoms with Gasteiger partial charge in [0.15, 0.2) is 0 Å². The van der Waals surface area contributed by atoms with Gasteiger partial charge < -0.3 is 10.5 Å². The fraction of sp³-hybridized carbons (Fsp3) is 0.423. The van der Waals surface area contributed by atoms with E-state index in [4.69, 9.17) is 10.5 Å². The molecule has 4 rings (SSSR count). The number of aryl methyl sites for hydroxylation is 1. The number of hydrogen-bond acceptors (Lipinski definition) is 5. The van der Waals surface area contributed by atoms with E-state index in [1.807, 2.05) is 31.2 Å². The Labute approximate surface area is 192 Å². The van der Waals surface area contributed by atoms with Crippen LogP contribution in [0.1, 0.15) is 44.0 Å². The number of pyridine rings is 1. The molecule has 172 valence electrons. The molecule has 1 saturated carbocycles. The van der Waals surface area contributed by atoms with Crippen LogP contribution in [0.3, 0.4) is 0 Å². The molecule has 1 aromatic carbocycles. The number of alkyl halides is 2. The summed E-state index contributed by atoms with van der Waals surface area (Å²) in [6.45, 7) is 6.85. The lowest BCUT2D eigenvalue weighted by molar-refractivity contribution is -0.167. The van der Waals surface area contributed by atoms with Gasteiger partial charge in [-0.2, -0.15) is 5.26 Å². The van der Waals surface area contributed by atoms with Crippen molar-refractivity contribution < 1.29 is 18.3 Å². The minimum atomic E-state index is -3.11. The molecule has 5 atom stereocenters. The zero-order valence-corrected chi connectivity index (χ0v) is 19.1. The number of cyclic esters (lactones) is 1. The third-order valence-corrected chi connectivity index (χ3v) is 7.82. The molecule has 7 heteroatoms. The summed E-state index contributed by atoms with van der Waals surface area (Å²) in [4.78, 5) is 16.9. The third-order valence-electron chi connectivity index (χ3n) is 7.82. The highest BCUT2D eigenvalue weighted by molar-refractivity contribution is 5.85.